The normalized spacial score (nSPS) is 10.5. The number of hydrogen-bond donors (Lipinski definition) is 2. The number of ether oxygens (including phenoxy) is 1. The summed E-state index contributed by atoms with van der Waals surface area (Å²) >= 11 is 0. The second kappa shape index (κ2) is 6.95. The number of nitrogens with zero attached hydrogens (tertiary/aromatic N) is 2. The van der Waals surface area contributed by atoms with E-state index >= 15 is 0 Å². The molecule has 0 bridgehead atoms. The van der Waals surface area contributed by atoms with Gasteiger partial charge in [0.25, 0.3) is 0 Å². The van der Waals surface area contributed by atoms with E-state index < -0.39 is 5.97 Å². The summed E-state index contributed by atoms with van der Waals surface area (Å²) in [4.78, 5) is 20.9. The van der Waals surface area contributed by atoms with Crippen molar-refractivity contribution >= 4 is 28.2 Å². The van der Waals surface area contributed by atoms with Gasteiger partial charge in [0, 0.05) is 17.8 Å². The zero-order valence-electron chi connectivity index (χ0n) is 13.3. The molecule has 24 heavy (non-hydrogen) atoms. The number of para-hydroxylation sites is 1. The van der Waals surface area contributed by atoms with Gasteiger partial charge in [-0.3, -0.25) is 9.97 Å². The van der Waals surface area contributed by atoms with Crippen LogP contribution in [0.1, 0.15) is 23.0 Å². The molecule has 3 rings (SSSR count). The van der Waals surface area contributed by atoms with Gasteiger partial charge in [-0.15, -0.1) is 0 Å². The van der Waals surface area contributed by atoms with Crippen LogP contribution >= 0.6 is 0 Å². The van der Waals surface area contributed by atoms with Crippen molar-refractivity contribution < 1.29 is 9.53 Å². The summed E-state index contributed by atoms with van der Waals surface area (Å²) in [6, 6.07) is 11.2. The fourth-order valence-electron chi connectivity index (χ4n) is 2.48. The van der Waals surface area contributed by atoms with Crippen molar-refractivity contribution in [2.24, 2.45) is 0 Å². The number of nitrogens with two attached hydrogens (primary N) is 1. The second-order valence-corrected chi connectivity index (χ2v) is 5.19. The van der Waals surface area contributed by atoms with Gasteiger partial charge in [-0.2, -0.15) is 0 Å². The summed E-state index contributed by atoms with van der Waals surface area (Å²) in [5.41, 5.74) is 9.10. The lowest BCUT2D eigenvalue weighted by Gasteiger charge is -2.14. The highest BCUT2D eigenvalue weighted by Gasteiger charge is 2.17. The minimum atomic E-state index is -0.419. The third kappa shape index (κ3) is 3.12. The van der Waals surface area contributed by atoms with Gasteiger partial charge >= 0.3 is 5.97 Å². The van der Waals surface area contributed by atoms with Crippen LogP contribution in [0.25, 0.3) is 10.9 Å². The largest absolute Gasteiger partial charge is 0.462 e. The molecule has 3 aromatic rings. The lowest BCUT2D eigenvalue weighted by molar-refractivity contribution is 0.0527. The molecule has 0 unspecified atom stereocenters. The van der Waals surface area contributed by atoms with Gasteiger partial charge in [-0.05, 0) is 25.1 Å². The number of benzene rings is 1. The number of carbonyl (C=O) groups is 1. The Kier molecular flexibility index (Phi) is 4.56. The quantitative estimate of drug-likeness (QED) is 0.554. The highest BCUT2D eigenvalue weighted by Crippen LogP contribution is 2.30. The van der Waals surface area contributed by atoms with Gasteiger partial charge in [-0.1, -0.05) is 18.2 Å². The molecule has 2 heterocycles. The van der Waals surface area contributed by atoms with Crippen LogP contribution in [0.4, 0.5) is 11.4 Å². The Bertz CT molecular complexity index is 866. The third-order valence-corrected chi connectivity index (χ3v) is 3.60. The summed E-state index contributed by atoms with van der Waals surface area (Å²) in [7, 11) is 0. The van der Waals surface area contributed by atoms with E-state index in [0.717, 1.165) is 11.1 Å². The molecule has 0 aliphatic carbocycles. The van der Waals surface area contributed by atoms with E-state index in [-0.39, 0.29) is 0 Å². The Morgan fingerprint density at radius 2 is 2.08 bits per heavy atom. The van der Waals surface area contributed by atoms with Crippen molar-refractivity contribution in [1.82, 2.24) is 9.97 Å². The Labute approximate surface area is 139 Å². The SMILES string of the molecule is CCOC(=O)c1cnc2c(N)cccc2c1NCc1ccccn1. The fraction of sp³-hybridized carbons (Fsp3) is 0.167. The van der Waals surface area contributed by atoms with E-state index in [0.29, 0.717) is 35.6 Å². The molecular formula is C18H18N4O2. The van der Waals surface area contributed by atoms with Gasteiger partial charge in [0.2, 0.25) is 0 Å². The van der Waals surface area contributed by atoms with Crippen LogP contribution in [0.2, 0.25) is 0 Å². The summed E-state index contributed by atoms with van der Waals surface area (Å²) in [5.74, 6) is -0.419. The third-order valence-electron chi connectivity index (χ3n) is 3.60. The summed E-state index contributed by atoms with van der Waals surface area (Å²) in [6.07, 6.45) is 3.23. The molecule has 6 heteroatoms. The summed E-state index contributed by atoms with van der Waals surface area (Å²) < 4.78 is 5.13. The predicted molar refractivity (Wildman–Crippen MR) is 93.7 cm³/mol. The number of anilines is 2. The Balaban J connectivity index is 2.05. The van der Waals surface area contributed by atoms with Crippen LogP contribution in [0, 0.1) is 0 Å². The number of carbonyl (C=O) groups excluding carboxylic acids is 1. The Hall–Kier alpha value is -3.15. The van der Waals surface area contributed by atoms with E-state index in [4.69, 9.17) is 10.5 Å². The highest BCUT2D eigenvalue weighted by atomic mass is 16.5. The number of aromatic nitrogens is 2. The van der Waals surface area contributed by atoms with Crippen LogP contribution in [0.15, 0.2) is 48.8 Å². The molecule has 0 spiro atoms. The van der Waals surface area contributed by atoms with E-state index in [1.807, 2.05) is 30.3 Å². The zero-order valence-corrected chi connectivity index (χ0v) is 13.3. The predicted octanol–water partition coefficient (Wildman–Crippen LogP) is 3.00. The molecular weight excluding hydrogens is 304 g/mol. The highest BCUT2D eigenvalue weighted by molar-refractivity contribution is 6.07. The van der Waals surface area contributed by atoms with Crippen LogP contribution in [-0.2, 0) is 11.3 Å². The molecule has 1 aromatic carbocycles. The molecule has 3 N–H and O–H groups in total. The van der Waals surface area contributed by atoms with Crippen molar-refractivity contribution in [1.29, 1.82) is 0 Å². The van der Waals surface area contributed by atoms with E-state index in [2.05, 4.69) is 15.3 Å². The fourth-order valence-corrected chi connectivity index (χ4v) is 2.48. The number of nitrogens with one attached hydrogen (secondary N) is 1. The monoisotopic (exact) mass is 322 g/mol. The van der Waals surface area contributed by atoms with Gasteiger partial charge in [-0.25, -0.2) is 4.79 Å². The van der Waals surface area contributed by atoms with Gasteiger partial charge < -0.3 is 15.8 Å². The van der Waals surface area contributed by atoms with Crippen molar-refractivity contribution in [3.8, 4) is 0 Å². The van der Waals surface area contributed by atoms with Crippen LogP contribution < -0.4 is 11.1 Å². The molecule has 0 atom stereocenters. The number of nitrogen functional groups attached to an aromatic ring is 1. The van der Waals surface area contributed by atoms with E-state index in [1.54, 1.807) is 19.2 Å². The number of hydrogen-bond acceptors (Lipinski definition) is 6. The Morgan fingerprint density at radius 3 is 2.83 bits per heavy atom. The Morgan fingerprint density at radius 1 is 1.21 bits per heavy atom. The van der Waals surface area contributed by atoms with Crippen molar-refractivity contribution in [2.45, 2.75) is 13.5 Å². The molecule has 6 nitrogen and oxygen atoms in total. The minimum Gasteiger partial charge on any atom is -0.462 e. The van der Waals surface area contributed by atoms with Gasteiger partial charge in [0.1, 0.15) is 5.56 Å². The first-order chi connectivity index (χ1) is 11.7. The van der Waals surface area contributed by atoms with Crippen molar-refractivity contribution in [3.05, 3.63) is 60.0 Å². The van der Waals surface area contributed by atoms with Crippen LogP contribution in [-0.4, -0.2) is 22.5 Å². The first-order valence-electron chi connectivity index (χ1n) is 7.68. The lowest BCUT2D eigenvalue weighted by atomic mass is 10.1. The van der Waals surface area contributed by atoms with Crippen LogP contribution in [0.3, 0.4) is 0 Å². The average molecular weight is 322 g/mol. The molecule has 0 aliphatic heterocycles. The molecule has 0 saturated carbocycles. The maximum Gasteiger partial charge on any atom is 0.341 e. The molecule has 0 aliphatic rings. The van der Waals surface area contributed by atoms with Gasteiger partial charge in [0.15, 0.2) is 0 Å². The topological polar surface area (TPSA) is 90.1 Å². The van der Waals surface area contributed by atoms with Crippen molar-refractivity contribution in [3.63, 3.8) is 0 Å². The first kappa shape index (κ1) is 15.7. The summed E-state index contributed by atoms with van der Waals surface area (Å²) in [6.45, 7) is 2.54. The molecule has 122 valence electrons. The zero-order chi connectivity index (χ0) is 16.9. The summed E-state index contributed by atoms with van der Waals surface area (Å²) in [5, 5.41) is 4.05. The van der Waals surface area contributed by atoms with E-state index in [9.17, 15) is 4.79 Å². The second-order valence-electron chi connectivity index (χ2n) is 5.19. The first-order valence-corrected chi connectivity index (χ1v) is 7.68. The number of rotatable bonds is 5. The van der Waals surface area contributed by atoms with Crippen LogP contribution in [0.5, 0.6) is 0 Å². The minimum absolute atomic E-state index is 0.299. The average Bonchev–Trinajstić information content (AvgIpc) is 2.61. The number of esters is 1. The molecule has 0 radical (unpaired) electrons. The standard InChI is InChI=1S/C18H18N4O2/c1-2-24-18(23)14-11-22-17-13(7-5-8-15(17)19)16(14)21-10-12-6-3-4-9-20-12/h3-9,11H,2,10,19H2,1H3,(H,21,22). The number of pyridine rings is 2. The smallest absolute Gasteiger partial charge is 0.341 e. The van der Waals surface area contributed by atoms with E-state index in [1.165, 1.54) is 6.20 Å². The maximum absolute atomic E-state index is 12.3. The van der Waals surface area contributed by atoms with Crippen molar-refractivity contribution in [2.75, 3.05) is 17.7 Å². The number of fused-ring (bicyclic) bond motifs is 1. The van der Waals surface area contributed by atoms with Gasteiger partial charge in [0.05, 0.1) is 35.7 Å². The molecule has 0 fully saturated rings. The lowest BCUT2D eigenvalue weighted by Crippen LogP contribution is -2.12. The molecule has 2 aromatic heterocycles. The maximum atomic E-state index is 12.3. The molecule has 0 saturated heterocycles. The molecule has 0 amide bonds.